The standard InChI is InChI=1S/C14H19FN2O2/c15-12-5-1-2-6-13(12)16-14(19)17-8-3-4-11(10-17)7-9-18/h1-2,5-6,11,18H,3-4,7-10H2,(H,16,19)/t11-/m1/s1. The number of piperidine rings is 1. The summed E-state index contributed by atoms with van der Waals surface area (Å²) in [7, 11) is 0. The van der Waals surface area contributed by atoms with Gasteiger partial charge < -0.3 is 15.3 Å². The second-order valence-electron chi connectivity index (χ2n) is 4.88. The van der Waals surface area contributed by atoms with Crippen LogP contribution in [0, 0.1) is 11.7 Å². The Morgan fingerprint density at radius 1 is 1.47 bits per heavy atom. The first-order valence-electron chi connectivity index (χ1n) is 6.62. The highest BCUT2D eigenvalue weighted by atomic mass is 19.1. The van der Waals surface area contributed by atoms with E-state index in [1.165, 1.54) is 6.07 Å². The van der Waals surface area contributed by atoms with E-state index in [0.29, 0.717) is 25.4 Å². The molecule has 1 saturated heterocycles. The normalized spacial score (nSPS) is 19.3. The lowest BCUT2D eigenvalue weighted by atomic mass is 9.95. The molecule has 1 aromatic carbocycles. The lowest BCUT2D eigenvalue weighted by Crippen LogP contribution is -2.42. The van der Waals surface area contributed by atoms with Gasteiger partial charge in [-0.3, -0.25) is 0 Å². The Hall–Kier alpha value is -1.62. The molecule has 1 fully saturated rings. The molecule has 1 heterocycles. The number of anilines is 1. The van der Waals surface area contributed by atoms with Crippen LogP contribution in [-0.4, -0.2) is 35.7 Å². The highest BCUT2D eigenvalue weighted by molar-refractivity contribution is 5.89. The van der Waals surface area contributed by atoms with Gasteiger partial charge in [-0.1, -0.05) is 12.1 Å². The summed E-state index contributed by atoms with van der Waals surface area (Å²) in [4.78, 5) is 13.7. The molecule has 4 nitrogen and oxygen atoms in total. The number of nitrogens with zero attached hydrogens (tertiary/aromatic N) is 1. The van der Waals surface area contributed by atoms with Gasteiger partial charge in [0.25, 0.3) is 0 Å². The molecule has 2 rings (SSSR count). The van der Waals surface area contributed by atoms with E-state index < -0.39 is 5.82 Å². The van der Waals surface area contributed by atoms with Crippen molar-refractivity contribution in [3.8, 4) is 0 Å². The van der Waals surface area contributed by atoms with E-state index in [1.54, 1.807) is 23.1 Å². The molecule has 0 aliphatic carbocycles. The molecule has 0 saturated carbocycles. The number of amides is 2. The first kappa shape index (κ1) is 13.8. The number of hydrogen-bond acceptors (Lipinski definition) is 2. The van der Waals surface area contributed by atoms with Gasteiger partial charge in [0.15, 0.2) is 0 Å². The number of benzene rings is 1. The van der Waals surface area contributed by atoms with Crippen LogP contribution >= 0.6 is 0 Å². The maximum Gasteiger partial charge on any atom is 0.321 e. The molecule has 0 unspecified atom stereocenters. The summed E-state index contributed by atoms with van der Waals surface area (Å²) < 4.78 is 13.4. The van der Waals surface area contributed by atoms with E-state index >= 15 is 0 Å². The van der Waals surface area contributed by atoms with Gasteiger partial charge in [0.2, 0.25) is 0 Å². The van der Waals surface area contributed by atoms with Gasteiger partial charge in [0, 0.05) is 19.7 Å². The SMILES string of the molecule is O=C(Nc1ccccc1F)N1CCC[C@H](CCO)C1. The van der Waals surface area contributed by atoms with Gasteiger partial charge in [-0.25, -0.2) is 9.18 Å². The summed E-state index contributed by atoms with van der Waals surface area (Å²) in [6.07, 6.45) is 2.67. The van der Waals surface area contributed by atoms with Crippen LogP contribution in [0.25, 0.3) is 0 Å². The number of carbonyl (C=O) groups excluding carboxylic acids is 1. The van der Waals surface area contributed by atoms with Crippen molar-refractivity contribution >= 4 is 11.7 Å². The van der Waals surface area contributed by atoms with Crippen LogP contribution in [0.2, 0.25) is 0 Å². The maximum atomic E-state index is 13.4. The summed E-state index contributed by atoms with van der Waals surface area (Å²) in [5.41, 5.74) is 0.205. The molecule has 2 N–H and O–H groups in total. The maximum absolute atomic E-state index is 13.4. The minimum Gasteiger partial charge on any atom is -0.396 e. The number of aliphatic hydroxyl groups excluding tert-OH is 1. The van der Waals surface area contributed by atoms with E-state index in [2.05, 4.69) is 5.32 Å². The predicted molar refractivity (Wildman–Crippen MR) is 71.4 cm³/mol. The van der Waals surface area contributed by atoms with Crippen LogP contribution in [-0.2, 0) is 0 Å². The Kier molecular flexibility index (Phi) is 4.74. The Morgan fingerprint density at radius 2 is 2.26 bits per heavy atom. The van der Waals surface area contributed by atoms with Crippen LogP contribution < -0.4 is 5.32 Å². The zero-order valence-corrected chi connectivity index (χ0v) is 10.8. The molecule has 1 aliphatic rings. The molecular formula is C14H19FN2O2. The van der Waals surface area contributed by atoms with Crippen LogP contribution in [0.1, 0.15) is 19.3 Å². The average molecular weight is 266 g/mol. The van der Waals surface area contributed by atoms with Gasteiger partial charge in [-0.15, -0.1) is 0 Å². The zero-order valence-electron chi connectivity index (χ0n) is 10.8. The Labute approximate surface area is 112 Å². The highest BCUT2D eigenvalue weighted by Gasteiger charge is 2.23. The molecule has 1 aromatic rings. The number of halogens is 1. The van der Waals surface area contributed by atoms with Crippen molar-refractivity contribution in [2.24, 2.45) is 5.92 Å². The Bertz CT molecular complexity index is 437. The molecule has 104 valence electrons. The molecular weight excluding hydrogens is 247 g/mol. The molecule has 2 amide bonds. The van der Waals surface area contributed by atoms with Gasteiger partial charge in [0.1, 0.15) is 5.82 Å². The average Bonchev–Trinajstić information content (AvgIpc) is 2.42. The fourth-order valence-corrected chi connectivity index (χ4v) is 2.42. The Balaban J connectivity index is 1.94. The number of carbonyl (C=O) groups is 1. The number of aliphatic hydroxyl groups is 1. The summed E-state index contributed by atoms with van der Waals surface area (Å²) >= 11 is 0. The van der Waals surface area contributed by atoms with Crippen LogP contribution in [0.15, 0.2) is 24.3 Å². The van der Waals surface area contributed by atoms with Gasteiger partial charge >= 0.3 is 6.03 Å². The summed E-state index contributed by atoms with van der Waals surface area (Å²) in [6.45, 7) is 1.45. The first-order valence-corrected chi connectivity index (χ1v) is 6.62. The van der Waals surface area contributed by atoms with Crippen molar-refractivity contribution in [3.63, 3.8) is 0 Å². The minimum atomic E-state index is -0.431. The molecule has 19 heavy (non-hydrogen) atoms. The zero-order chi connectivity index (χ0) is 13.7. The molecule has 5 heteroatoms. The summed E-state index contributed by atoms with van der Waals surface area (Å²) in [5, 5.41) is 11.5. The predicted octanol–water partition coefficient (Wildman–Crippen LogP) is 2.45. The second kappa shape index (κ2) is 6.52. The van der Waals surface area contributed by atoms with E-state index in [4.69, 9.17) is 5.11 Å². The van der Waals surface area contributed by atoms with Crippen LogP contribution in [0.5, 0.6) is 0 Å². The minimum absolute atomic E-state index is 0.146. The summed E-state index contributed by atoms with van der Waals surface area (Å²) in [6, 6.07) is 5.86. The molecule has 0 aromatic heterocycles. The Morgan fingerprint density at radius 3 is 3.00 bits per heavy atom. The quantitative estimate of drug-likeness (QED) is 0.883. The van der Waals surface area contributed by atoms with E-state index in [9.17, 15) is 9.18 Å². The van der Waals surface area contributed by atoms with Crippen LogP contribution in [0.3, 0.4) is 0 Å². The van der Waals surface area contributed by atoms with Crippen molar-refractivity contribution in [3.05, 3.63) is 30.1 Å². The third kappa shape index (κ3) is 3.67. The third-order valence-corrected chi connectivity index (χ3v) is 3.46. The third-order valence-electron chi connectivity index (χ3n) is 3.46. The van der Waals surface area contributed by atoms with Gasteiger partial charge in [-0.2, -0.15) is 0 Å². The topological polar surface area (TPSA) is 52.6 Å². The molecule has 1 atom stereocenters. The van der Waals surface area contributed by atoms with Gasteiger partial charge in [-0.05, 0) is 37.3 Å². The number of rotatable bonds is 3. The number of likely N-dealkylation sites (tertiary alicyclic amines) is 1. The fraction of sp³-hybridized carbons (Fsp3) is 0.500. The molecule has 1 aliphatic heterocycles. The van der Waals surface area contributed by atoms with E-state index in [-0.39, 0.29) is 18.3 Å². The largest absolute Gasteiger partial charge is 0.396 e. The van der Waals surface area contributed by atoms with Crippen molar-refractivity contribution in [2.75, 3.05) is 25.0 Å². The van der Waals surface area contributed by atoms with Crippen molar-refractivity contribution in [1.82, 2.24) is 4.90 Å². The molecule has 0 bridgehead atoms. The summed E-state index contributed by atoms with van der Waals surface area (Å²) in [5.74, 6) is -0.0927. The van der Waals surface area contributed by atoms with Gasteiger partial charge in [0.05, 0.1) is 5.69 Å². The second-order valence-corrected chi connectivity index (χ2v) is 4.88. The number of hydrogen-bond donors (Lipinski definition) is 2. The fourth-order valence-electron chi connectivity index (χ4n) is 2.42. The van der Waals surface area contributed by atoms with Crippen LogP contribution in [0.4, 0.5) is 14.9 Å². The highest BCUT2D eigenvalue weighted by Crippen LogP contribution is 2.20. The van der Waals surface area contributed by atoms with Crippen molar-refractivity contribution in [1.29, 1.82) is 0 Å². The lowest BCUT2D eigenvalue weighted by Gasteiger charge is -2.32. The van der Waals surface area contributed by atoms with Crippen molar-refractivity contribution < 1.29 is 14.3 Å². The van der Waals surface area contributed by atoms with Crippen molar-refractivity contribution in [2.45, 2.75) is 19.3 Å². The monoisotopic (exact) mass is 266 g/mol. The van der Waals surface area contributed by atoms with E-state index in [0.717, 1.165) is 12.8 Å². The lowest BCUT2D eigenvalue weighted by molar-refractivity contribution is 0.159. The number of urea groups is 1. The van der Waals surface area contributed by atoms with E-state index in [1.807, 2.05) is 0 Å². The number of para-hydroxylation sites is 1. The smallest absolute Gasteiger partial charge is 0.321 e. The molecule has 0 spiro atoms. The first-order chi connectivity index (χ1) is 9.20. The number of nitrogens with one attached hydrogen (secondary N) is 1. The molecule has 0 radical (unpaired) electrons.